The van der Waals surface area contributed by atoms with E-state index >= 15 is 0 Å². The van der Waals surface area contributed by atoms with Crippen LogP contribution in [-0.4, -0.2) is 12.4 Å². The highest BCUT2D eigenvalue weighted by Gasteiger charge is 2.32. The smallest absolute Gasteiger partial charge is 0.404 e. The fourth-order valence-corrected chi connectivity index (χ4v) is 1.43. The number of hydrogen-bond donors (Lipinski definition) is 1. The lowest BCUT2D eigenvalue weighted by Crippen LogP contribution is -2.19. The third-order valence-corrected chi connectivity index (χ3v) is 2.23. The molecular formula is C10H8BrF3N2O. The van der Waals surface area contributed by atoms with Gasteiger partial charge in [-0.3, -0.25) is 0 Å². The van der Waals surface area contributed by atoms with E-state index in [-0.39, 0.29) is 11.4 Å². The molecule has 0 heterocycles. The molecule has 0 fully saturated rings. The average molecular weight is 309 g/mol. The summed E-state index contributed by atoms with van der Waals surface area (Å²) < 4.78 is 40.7. The summed E-state index contributed by atoms with van der Waals surface area (Å²) >= 11 is 3.05. The van der Waals surface area contributed by atoms with Gasteiger partial charge in [-0.25, -0.2) is 0 Å². The molecule has 0 saturated carbocycles. The molecule has 0 bridgehead atoms. The molecule has 1 atom stereocenters. The van der Waals surface area contributed by atoms with Gasteiger partial charge in [-0.05, 0) is 25.1 Å². The molecule has 0 aliphatic carbocycles. The van der Waals surface area contributed by atoms with Gasteiger partial charge in [0.2, 0.25) is 0 Å². The Morgan fingerprint density at radius 1 is 1.47 bits per heavy atom. The minimum atomic E-state index is -4.77. The minimum Gasteiger partial charge on any atom is -0.404 e. The predicted octanol–water partition coefficient (Wildman–Crippen LogP) is 3.67. The van der Waals surface area contributed by atoms with Crippen molar-refractivity contribution in [2.24, 2.45) is 0 Å². The van der Waals surface area contributed by atoms with Gasteiger partial charge in [-0.2, -0.15) is 5.26 Å². The number of halogens is 4. The topological polar surface area (TPSA) is 45.0 Å². The van der Waals surface area contributed by atoms with Gasteiger partial charge in [-0.15, -0.1) is 13.2 Å². The van der Waals surface area contributed by atoms with Crippen LogP contribution in [0.15, 0.2) is 22.7 Å². The van der Waals surface area contributed by atoms with E-state index in [2.05, 4.69) is 26.0 Å². The van der Waals surface area contributed by atoms with Gasteiger partial charge in [0.1, 0.15) is 6.04 Å². The maximum absolute atomic E-state index is 12.1. The lowest BCUT2D eigenvalue weighted by atomic mass is 10.2. The Hall–Kier alpha value is -1.42. The third-order valence-electron chi connectivity index (χ3n) is 1.74. The van der Waals surface area contributed by atoms with Gasteiger partial charge in [0.05, 0.1) is 11.8 Å². The number of nitrogens with one attached hydrogen (secondary N) is 1. The molecule has 0 aliphatic heterocycles. The number of anilines is 1. The zero-order valence-corrected chi connectivity index (χ0v) is 10.3. The summed E-state index contributed by atoms with van der Waals surface area (Å²) in [4.78, 5) is 0. The number of benzene rings is 1. The van der Waals surface area contributed by atoms with Crippen molar-refractivity contribution in [3.05, 3.63) is 22.7 Å². The normalized spacial score (nSPS) is 12.7. The molecule has 0 spiro atoms. The van der Waals surface area contributed by atoms with E-state index in [0.29, 0.717) is 4.47 Å². The molecule has 1 aromatic rings. The van der Waals surface area contributed by atoms with Crippen molar-refractivity contribution in [1.29, 1.82) is 5.26 Å². The Bertz CT molecular complexity index is 442. The summed E-state index contributed by atoms with van der Waals surface area (Å²) in [6.07, 6.45) is -4.77. The number of hydrogen-bond acceptors (Lipinski definition) is 3. The molecule has 0 radical (unpaired) electrons. The zero-order valence-electron chi connectivity index (χ0n) is 8.68. The van der Waals surface area contributed by atoms with Crippen LogP contribution in [0.25, 0.3) is 0 Å². The highest BCUT2D eigenvalue weighted by molar-refractivity contribution is 9.10. The lowest BCUT2D eigenvalue weighted by Gasteiger charge is -2.15. The molecule has 0 amide bonds. The van der Waals surface area contributed by atoms with Crippen molar-refractivity contribution in [3.63, 3.8) is 0 Å². The Morgan fingerprint density at radius 2 is 2.12 bits per heavy atom. The van der Waals surface area contributed by atoms with Crippen molar-refractivity contribution in [3.8, 4) is 11.8 Å². The van der Waals surface area contributed by atoms with Crippen LogP contribution < -0.4 is 10.1 Å². The highest BCUT2D eigenvalue weighted by atomic mass is 79.9. The van der Waals surface area contributed by atoms with Gasteiger partial charge < -0.3 is 10.1 Å². The lowest BCUT2D eigenvalue weighted by molar-refractivity contribution is -0.274. The fraction of sp³-hybridized carbons (Fsp3) is 0.300. The van der Waals surface area contributed by atoms with Crippen LogP contribution in [0.3, 0.4) is 0 Å². The van der Waals surface area contributed by atoms with Crippen molar-refractivity contribution < 1.29 is 17.9 Å². The number of rotatable bonds is 3. The molecule has 7 heteroatoms. The van der Waals surface area contributed by atoms with Crippen LogP contribution in [-0.2, 0) is 0 Å². The van der Waals surface area contributed by atoms with Crippen LogP contribution in [0.2, 0.25) is 0 Å². The monoisotopic (exact) mass is 308 g/mol. The average Bonchev–Trinajstić information content (AvgIpc) is 2.19. The van der Waals surface area contributed by atoms with E-state index < -0.39 is 12.4 Å². The summed E-state index contributed by atoms with van der Waals surface area (Å²) in [5.41, 5.74) is 0.111. The molecular weight excluding hydrogens is 301 g/mol. The second-order valence-corrected chi connectivity index (χ2v) is 4.10. The number of alkyl halides is 3. The fourth-order valence-electron chi connectivity index (χ4n) is 1.09. The number of nitrogens with zero attached hydrogens (tertiary/aromatic N) is 1. The van der Waals surface area contributed by atoms with Crippen LogP contribution in [0.4, 0.5) is 18.9 Å². The third kappa shape index (κ3) is 4.53. The Morgan fingerprint density at radius 3 is 2.65 bits per heavy atom. The molecule has 0 aromatic heterocycles. The second-order valence-electron chi connectivity index (χ2n) is 3.18. The molecule has 92 valence electrons. The van der Waals surface area contributed by atoms with Gasteiger partial charge in [0.15, 0.2) is 5.75 Å². The first-order chi connectivity index (χ1) is 7.81. The maximum atomic E-state index is 12.1. The number of nitriles is 1. The van der Waals surface area contributed by atoms with E-state index in [9.17, 15) is 13.2 Å². The Kier molecular flexibility index (Phi) is 4.23. The Balaban J connectivity index is 3.00. The van der Waals surface area contributed by atoms with E-state index in [0.717, 1.165) is 0 Å². The van der Waals surface area contributed by atoms with E-state index in [1.807, 2.05) is 6.07 Å². The molecule has 1 aromatic carbocycles. The van der Waals surface area contributed by atoms with Gasteiger partial charge >= 0.3 is 6.36 Å². The molecule has 1 N–H and O–H groups in total. The summed E-state index contributed by atoms with van der Waals surface area (Å²) in [5.74, 6) is -0.381. The first kappa shape index (κ1) is 13.6. The Labute approximate surface area is 104 Å². The van der Waals surface area contributed by atoms with Gasteiger partial charge in [0.25, 0.3) is 0 Å². The second kappa shape index (κ2) is 5.27. The van der Waals surface area contributed by atoms with Crippen LogP contribution >= 0.6 is 15.9 Å². The molecule has 0 saturated heterocycles. The van der Waals surface area contributed by atoms with E-state index in [4.69, 9.17) is 5.26 Å². The van der Waals surface area contributed by atoms with Crippen molar-refractivity contribution in [2.45, 2.75) is 19.3 Å². The van der Waals surface area contributed by atoms with Crippen molar-refractivity contribution in [1.82, 2.24) is 0 Å². The van der Waals surface area contributed by atoms with Crippen molar-refractivity contribution in [2.75, 3.05) is 5.32 Å². The predicted molar refractivity (Wildman–Crippen MR) is 59.5 cm³/mol. The molecule has 17 heavy (non-hydrogen) atoms. The summed E-state index contributed by atoms with van der Waals surface area (Å²) in [6.45, 7) is 1.53. The summed E-state index contributed by atoms with van der Waals surface area (Å²) in [6, 6.07) is 5.37. The minimum absolute atomic E-state index is 0.111. The van der Waals surface area contributed by atoms with E-state index in [1.54, 1.807) is 6.07 Å². The zero-order chi connectivity index (χ0) is 13.1. The molecule has 1 rings (SSSR count). The van der Waals surface area contributed by atoms with Crippen LogP contribution in [0, 0.1) is 11.3 Å². The van der Waals surface area contributed by atoms with E-state index in [1.165, 1.54) is 19.1 Å². The molecule has 0 aliphatic rings. The largest absolute Gasteiger partial charge is 0.573 e. The summed E-state index contributed by atoms with van der Waals surface area (Å²) in [7, 11) is 0. The van der Waals surface area contributed by atoms with Gasteiger partial charge in [0, 0.05) is 4.47 Å². The summed E-state index contributed by atoms with van der Waals surface area (Å²) in [5, 5.41) is 11.2. The van der Waals surface area contributed by atoms with Crippen LogP contribution in [0.1, 0.15) is 6.92 Å². The molecule has 3 nitrogen and oxygen atoms in total. The van der Waals surface area contributed by atoms with Gasteiger partial charge in [-0.1, -0.05) is 15.9 Å². The standard InChI is InChI=1S/C10H8BrF3N2O/c1-6(5-15)16-8-3-2-7(11)4-9(8)17-10(12,13)14/h2-4,6,16H,1H3. The SMILES string of the molecule is CC(C#N)Nc1ccc(Br)cc1OC(F)(F)F. The maximum Gasteiger partial charge on any atom is 0.573 e. The number of ether oxygens (including phenoxy) is 1. The first-order valence-electron chi connectivity index (χ1n) is 4.53. The highest BCUT2D eigenvalue weighted by Crippen LogP contribution is 2.33. The van der Waals surface area contributed by atoms with Crippen LogP contribution in [0.5, 0.6) is 5.75 Å². The quantitative estimate of drug-likeness (QED) is 0.926. The molecule has 1 unspecified atom stereocenters. The first-order valence-corrected chi connectivity index (χ1v) is 5.32. The van der Waals surface area contributed by atoms with Crippen molar-refractivity contribution >= 4 is 21.6 Å².